The summed E-state index contributed by atoms with van der Waals surface area (Å²) in [6.45, 7) is 0. The molecule has 2 aromatic rings. The van der Waals surface area contributed by atoms with E-state index in [9.17, 15) is 28.0 Å². The minimum atomic E-state index is -4.57. The standard InChI is InChI=1S/C20H19BF3NO3/c22-20(23,24)16-7-3-6-15-17(16)25-18(26)19(15,12-4-1-2-5-12)13-8-10-14(11-9-13)21(27)28/h3,6-12,27-28H,1-2,4-5H2,(H,25,26). The van der Waals surface area contributed by atoms with Gasteiger partial charge in [0.25, 0.3) is 0 Å². The molecule has 1 atom stereocenters. The number of carbonyl (C=O) groups excluding carboxylic acids is 1. The van der Waals surface area contributed by atoms with Crippen LogP contribution < -0.4 is 10.8 Å². The highest BCUT2D eigenvalue weighted by Gasteiger charge is 2.55. The Kier molecular flexibility index (Phi) is 4.51. The van der Waals surface area contributed by atoms with Crippen LogP contribution in [0.1, 0.15) is 42.4 Å². The summed E-state index contributed by atoms with van der Waals surface area (Å²) in [6, 6.07) is 10.1. The highest BCUT2D eigenvalue weighted by Crippen LogP contribution is 2.54. The minimum absolute atomic E-state index is 0.123. The molecule has 1 heterocycles. The second-order valence-electron chi connectivity index (χ2n) is 7.47. The lowest BCUT2D eigenvalue weighted by Crippen LogP contribution is -2.42. The van der Waals surface area contributed by atoms with E-state index in [2.05, 4.69) is 5.32 Å². The minimum Gasteiger partial charge on any atom is -0.423 e. The van der Waals surface area contributed by atoms with Crippen LogP contribution in [0.25, 0.3) is 0 Å². The van der Waals surface area contributed by atoms with Crippen molar-refractivity contribution in [1.82, 2.24) is 0 Å². The number of hydrogen-bond acceptors (Lipinski definition) is 3. The predicted octanol–water partition coefficient (Wildman–Crippen LogP) is 2.81. The van der Waals surface area contributed by atoms with Crippen molar-refractivity contribution in [2.45, 2.75) is 37.3 Å². The maximum absolute atomic E-state index is 13.5. The van der Waals surface area contributed by atoms with Crippen LogP contribution in [-0.4, -0.2) is 23.1 Å². The van der Waals surface area contributed by atoms with Crippen LogP contribution in [0.3, 0.4) is 0 Å². The van der Waals surface area contributed by atoms with Crippen LogP contribution in [0.4, 0.5) is 18.9 Å². The van der Waals surface area contributed by atoms with Gasteiger partial charge in [-0.1, -0.05) is 49.2 Å². The number of anilines is 1. The van der Waals surface area contributed by atoms with Crippen molar-refractivity contribution in [3.63, 3.8) is 0 Å². The molecule has 4 nitrogen and oxygen atoms in total. The third-order valence-corrected chi connectivity index (χ3v) is 6.02. The van der Waals surface area contributed by atoms with E-state index >= 15 is 0 Å². The number of hydrogen-bond donors (Lipinski definition) is 3. The molecule has 1 unspecified atom stereocenters. The van der Waals surface area contributed by atoms with E-state index in [-0.39, 0.29) is 17.1 Å². The largest absolute Gasteiger partial charge is 0.488 e. The van der Waals surface area contributed by atoms with Gasteiger partial charge in [-0.25, -0.2) is 0 Å². The van der Waals surface area contributed by atoms with Crippen LogP contribution >= 0.6 is 0 Å². The third-order valence-electron chi connectivity index (χ3n) is 6.02. The van der Waals surface area contributed by atoms with Crippen molar-refractivity contribution in [3.8, 4) is 0 Å². The Balaban J connectivity index is 1.95. The van der Waals surface area contributed by atoms with Gasteiger partial charge in [-0.15, -0.1) is 0 Å². The van der Waals surface area contributed by atoms with Crippen molar-refractivity contribution in [2.75, 3.05) is 5.32 Å². The summed E-state index contributed by atoms with van der Waals surface area (Å²) in [7, 11) is -1.65. The number of rotatable bonds is 3. The molecule has 3 N–H and O–H groups in total. The van der Waals surface area contributed by atoms with Crippen LogP contribution in [-0.2, 0) is 16.4 Å². The Morgan fingerprint density at radius 3 is 2.25 bits per heavy atom. The zero-order chi connectivity index (χ0) is 20.1. The maximum atomic E-state index is 13.5. The summed E-state index contributed by atoms with van der Waals surface area (Å²) in [5.74, 6) is -0.578. The highest BCUT2D eigenvalue weighted by atomic mass is 19.4. The zero-order valence-electron chi connectivity index (χ0n) is 15.0. The number of nitrogens with one attached hydrogen (secondary N) is 1. The Hall–Kier alpha value is -2.32. The summed E-state index contributed by atoms with van der Waals surface area (Å²) in [6.07, 6.45) is -1.25. The molecule has 0 aromatic heterocycles. The van der Waals surface area contributed by atoms with Gasteiger partial charge >= 0.3 is 13.3 Å². The van der Waals surface area contributed by atoms with Gasteiger partial charge in [0.05, 0.1) is 11.3 Å². The van der Waals surface area contributed by atoms with Crippen LogP contribution in [0.15, 0.2) is 42.5 Å². The topological polar surface area (TPSA) is 69.6 Å². The summed E-state index contributed by atoms with van der Waals surface area (Å²) < 4.78 is 40.6. The number of fused-ring (bicyclic) bond motifs is 1. The first-order chi connectivity index (χ1) is 13.3. The number of benzene rings is 2. The number of carbonyl (C=O) groups is 1. The smallest absolute Gasteiger partial charge is 0.423 e. The van der Waals surface area contributed by atoms with Gasteiger partial charge in [0.1, 0.15) is 5.41 Å². The van der Waals surface area contributed by atoms with E-state index in [4.69, 9.17) is 0 Å². The van der Waals surface area contributed by atoms with Gasteiger partial charge in [0.15, 0.2) is 0 Å². The first-order valence-electron chi connectivity index (χ1n) is 9.25. The number of halogens is 3. The van der Waals surface area contributed by atoms with Gasteiger partial charge in [-0.2, -0.15) is 13.2 Å². The van der Waals surface area contributed by atoms with Crippen molar-refractivity contribution < 1.29 is 28.0 Å². The quantitative estimate of drug-likeness (QED) is 0.708. The Bertz CT molecular complexity index is 908. The molecule has 1 aliphatic heterocycles. The molecule has 146 valence electrons. The van der Waals surface area contributed by atoms with Gasteiger partial charge in [0.2, 0.25) is 5.91 Å². The molecule has 0 spiro atoms. The summed E-state index contributed by atoms with van der Waals surface area (Å²) >= 11 is 0. The van der Waals surface area contributed by atoms with Gasteiger partial charge < -0.3 is 15.4 Å². The Morgan fingerprint density at radius 2 is 1.68 bits per heavy atom. The fraction of sp³-hybridized carbons (Fsp3) is 0.350. The van der Waals surface area contributed by atoms with E-state index in [1.807, 2.05) is 0 Å². The molecule has 0 bridgehead atoms. The number of alkyl halides is 3. The fourth-order valence-corrected chi connectivity index (χ4v) is 4.79. The molecule has 4 rings (SSSR count). The second kappa shape index (κ2) is 6.63. The van der Waals surface area contributed by atoms with Gasteiger partial charge in [-0.3, -0.25) is 4.79 Å². The molecule has 2 aliphatic rings. The lowest BCUT2D eigenvalue weighted by atomic mass is 9.65. The molecule has 1 amide bonds. The number of para-hydroxylation sites is 1. The van der Waals surface area contributed by atoms with Crippen molar-refractivity contribution in [3.05, 3.63) is 59.2 Å². The fourth-order valence-electron chi connectivity index (χ4n) is 4.79. The zero-order valence-corrected chi connectivity index (χ0v) is 15.0. The van der Waals surface area contributed by atoms with Crippen LogP contribution in [0, 0.1) is 5.92 Å². The first-order valence-corrected chi connectivity index (χ1v) is 9.25. The molecule has 0 saturated heterocycles. The first kappa shape index (κ1) is 19.0. The van der Waals surface area contributed by atoms with Gasteiger partial charge in [-0.05, 0) is 41.4 Å². The SMILES string of the molecule is O=C1Nc2c(C(F)(F)F)cccc2C1(c1ccc(B(O)O)cc1)C1CCCC1. The molecule has 28 heavy (non-hydrogen) atoms. The second-order valence-corrected chi connectivity index (χ2v) is 7.47. The normalized spacial score (nSPS) is 22.2. The average molecular weight is 389 g/mol. The lowest BCUT2D eigenvalue weighted by molar-refractivity contribution is -0.136. The van der Waals surface area contributed by atoms with E-state index in [0.29, 0.717) is 11.1 Å². The summed E-state index contributed by atoms with van der Waals surface area (Å²) in [5, 5.41) is 21.2. The van der Waals surface area contributed by atoms with Crippen LogP contribution in [0.2, 0.25) is 0 Å². The molecule has 1 fully saturated rings. The third kappa shape index (κ3) is 2.74. The van der Waals surface area contributed by atoms with E-state index < -0.39 is 30.2 Å². The average Bonchev–Trinajstić information content (AvgIpc) is 3.26. The molecule has 1 aliphatic carbocycles. The lowest BCUT2D eigenvalue weighted by Gasteiger charge is -2.34. The monoisotopic (exact) mass is 389 g/mol. The Labute approximate surface area is 160 Å². The van der Waals surface area contributed by atoms with E-state index in [0.717, 1.165) is 31.7 Å². The molecule has 2 aromatic carbocycles. The summed E-state index contributed by atoms with van der Waals surface area (Å²) in [4.78, 5) is 13.3. The number of amides is 1. The molecular weight excluding hydrogens is 370 g/mol. The van der Waals surface area contributed by atoms with Crippen molar-refractivity contribution in [1.29, 1.82) is 0 Å². The van der Waals surface area contributed by atoms with E-state index in [1.54, 1.807) is 18.2 Å². The summed E-state index contributed by atoms with van der Waals surface area (Å²) in [5.41, 5.74) is -1.06. The molecular formula is C20H19BF3NO3. The highest BCUT2D eigenvalue weighted by molar-refractivity contribution is 6.58. The molecule has 8 heteroatoms. The van der Waals surface area contributed by atoms with Crippen molar-refractivity contribution >= 4 is 24.2 Å². The predicted molar refractivity (Wildman–Crippen MR) is 99.1 cm³/mol. The molecule has 0 radical (unpaired) electrons. The van der Waals surface area contributed by atoms with Gasteiger partial charge in [0, 0.05) is 0 Å². The molecule has 1 saturated carbocycles. The Morgan fingerprint density at radius 1 is 1.04 bits per heavy atom. The van der Waals surface area contributed by atoms with Crippen molar-refractivity contribution in [2.24, 2.45) is 5.92 Å². The van der Waals surface area contributed by atoms with Crippen LogP contribution in [0.5, 0.6) is 0 Å². The maximum Gasteiger partial charge on any atom is 0.488 e. The van der Waals surface area contributed by atoms with E-state index in [1.165, 1.54) is 18.2 Å².